The van der Waals surface area contributed by atoms with E-state index in [-0.39, 0.29) is 5.82 Å². The molecule has 0 aromatic heterocycles. The van der Waals surface area contributed by atoms with Crippen LogP contribution >= 0.6 is 0 Å². The Bertz CT molecular complexity index is 320. The predicted octanol–water partition coefficient (Wildman–Crippen LogP) is 3.98. The molecule has 0 amide bonds. The molecule has 1 aromatic carbocycles. The number of aryl methyl sites for hydroxylation is 1. The molecule has 2 heteroatoms. The number of rotatable bonds is 4. The summed E-state index contributed by atoms with van der Waals surface area (Å²) in [6.45, 7) is 8.32. The van der Waals surface area contributed by atoms with Gasteiger partial charge in [-0.3, -0.25) is 0 Å². The summed E-state index contributed by atoms with van der Waals surface area (Å²) in [7, 11) is 0. The molecule has 84 valence electrons. The fraction of sp³-hybridized carbons (Fsp3) is 0.538. The smallest absolute Gasteiger partial charge is 0.146 e. The molecule has 1 atom stereocenters. The van der Waals surface area contributed by atoms with Crippen LogP contribution in [0.3, 0.4) is 0 Å². The molecule has 0 aliphatic carbocycles. The fourth-order valence-corrected chi connectivity index (χ4v) is 1.77. The summed E-state index contributed by atoms with van der Waals surface area (Å²) in [5.41, 5.74) is 1.56. The minimum Gasteiger partial charge on any atom is -0.380 e. The summed E-state index contributed by atoms with van der Waals surface area (Å²) >= 11 is 0. The quantitative estimate of drug-likeness (QED) is 0.791. The fourth-order valence-electron chi connectivity index (χ4n) is 1.77. The number of benzene rings is 1. The van der Waals surface area contributed by atoms with Crippen molar-refractivity contribution in [3.63, 3.8) is 0 Å². The second-order valence-corrected chi connectivity index (χ2v) is 4.66. The Morgan fingerprint density at radius 3 is 2.47 bits per heavy atom. The van der Waals surface area contributed by atoms with Crippen molar-refractivity contribution in [1.82, 2.24) is 0 Å². The van der Waals surface area contributed by atoms with Gasteiger partial charge >= 0.3 is 0 Å². The van der Waals surface area contributed by atoms with Gasteiger partial charge < -0.3 is 5.32 Å². The molecule has 0 aliphatic rings. The van der Waals surface area contributed by atoms with Gasteiger partial charge in [-0.1, -0.05) is 19.9 Å². The topological polar surface area (TPSA) is 12.0 Å². The molecule has 0 saturated heterocycles. The normalized spacial score (nSPS) is 12.9. The van der Waals surface area contributed by atoms with Crippen LogP contribution in [0.15, 0.2) is 18.2 Å². The Hall–Kier alpha value is -1.05. The molecule has 0 spiro atoms. The van der Waals surface area contributed by atoms with Crippen LogP contribution in [0.1, 0.15) is 32.8 Å². The van der Waals surface area contributed by atoms with E-state index in [1.54, 1.807) is 6.07 Å². The third kappa shape index (κ3) is 3.90. The molecule has 0 heterocycles. The third-order valence-electron chi connectivity index (χ3n) is 2.35. The van der Waals surface area contributed by atoms with E-state index in [1.165, 1.54) is 0 Å². The van der Waals surface area contributed by atoms with Crippen LogP contribution < -0.4 is 5.32 Å². The van der Waals surface area contributed by atoms with Gasteiger partial charge in [-0.25, -0.2) is 4.39 Å². The zero-order valence-electron chi connectivity index (χ0n) is 9.97. The van der Waals surface area contributed by atoms with Crippen LogP contribution in [0.2, 0.25) is 0 Å². The SMILES string of the molecule is Cc1ccc(NC(C)CC(C)C)c(F)c1. The summed E-state index contributed by atoms with van der Waals surface area (Å²) in [5, 5.41) is 3.19. The Kier molecular flexibility index (Phi) is 4.13. The molecular formula is C13H20FN. The van der Waals surface area contributed by atoms with Gasteiger partial charge in [-0.15, -0.1) is 0 Å². The van der Waals surface area contributed by atoms with E-state index < -0.39 is 0 Å². The van der Waals surface area contributed by atoms with Gasteiger partial charge in [0.2, 0.25) is 0 Å². The molecule has 0 aliphatic heterocycles. The molecule has 0 bridgehead atoms. The molecule has 1 aromatic rings. The second kappa shape index (κ2) is 5.15. The lowest BCUT2D eigenvalue weighted by Gasteiger charge is -2.17. The van der Waals surface area contributed by atoms with Crippen LogP contribution in [-0.2, 0) is 0 Å². The van der Waals surface area contributed by atoms with E-state index >= 15 is 0 Å². The largest absolute Gasteiger partial charge is 0.380 e. The van der Waals surface area contributed by atoms with Crippen molar-refractivity contribution < 1.29 is 4.39 Å². The van der Waals surface area contributed by atoms with Gasteiger partial charge in [0, 0.05) is 6.04 Å². The molecule has 1 unspecified atom stereocenters. The molecule has 15 heavy (non-hydrogen) atoms. The highest BCUT2D eigenvalue weighted by molar-refractivity contribution is 5.46. The first-order valence-corrected chi connectivity index (χ1v) is 5.51. The van der Waals surface area contributed by atoms with Gasteiger partial charge in [0.15, 0.2) is 0 Å². The van der Waals surface area contributed by atoms with Gasteiger partial charge in [-0.05, 0) is 43.9 Å². The number of nitrogens with one attached hydrogen (secondary N) is 1. The van der Waals surface area contributed by atoms with Crippen LogP contribution in [-0.4, -0.2) is 6.04 Å². The van der Waals surface area contributed by atoms with Crippen molar-refractivity contribution >= 4 is 5.69 Å². The first kappa shape index (κ1) is 12.0. The van der Waals surface area contributed by atoms with Crippen molar-refractivity contribution in [2.24, 2.45) is 5.92 Å². The number of halogens is 1. The number of hydrogen-bond donors (Lipinski definition) is 1. The van der Waals surface area contributed by atoms with Crippen LogP contribution in [0.4, 0.5) is 10.1 Å². The summed E-state index contributed by atoms with van der Waals surface area (Å²) in [6.07, 6.45) is 1.05. The van der Waals surface area contributed by atoms with Crippen molar-refractivity contribution in [2.75, 3.05) is 5.32 Å². The Balaban J connectivity index is 2.64. The Morgan fingerprint density at radius 1 is 1.27 bits per heavy atom. The van der Waals surface area contributed by atoms with Crippen molar-refractivity contribution in [2.45, 2.75) is 40.2 Å². The maximum absolute atomic E-state index is 13.5. The molecule has 0 saturated carbocycles. The average molecular weight is 209 g/mol. The molecule has 1 N–H and O–H groups in total. The van der Waals surface area contributed by atoms with E-state index in [2.05, 4.69) is 26.1 Å². The highest BCUT2D eigenvalue weighted by atomic mass is 19.1. The van der Waals surface area contributed by atoms with E-state index in [0.717, 1.165) is 12.0 Å². The Morgan fingerprint density at radius 2 is 1.93 bits per heavy atom. The molecule has 0 radical (unpaired) electrons. The van der Waals surface area contributed by atoms with E-state index in [4.69, 9.17) is 0 Å². The van der Waals surface area contributed by atoms with Gasteiger partial charge in [0.25, 0.3) is 0 Å². The average Bonchev–Trinajstić information content (AvgIpc) is 2.08. The van der Waals surface area contributed by atoms with Crippen LogP contribution in [0.5, 0.6) is 0 Å². The van der Waals surface area contributed by atoms with Gasteiger partial charge in [-0.2, -0.15) is 0 Å². The summed E-state index contributed by atoms with van der Waals surface area (Å²) in [5.74, 6) is 0.464. The highest BCUT2D eigenvalue weighted by Gasteiger charge is 2.07. The third-order valence-corrected chi connectivity index (χ3v) is 2.35. The lowest BCUT2D eigenvalue weighted by Crippen LogP contribution is -2.18. The lowest BCUT2D eigenvalue weighted by molar-refractivity contribution is 0.536. The van der Waals surface area contributed by atoms with Crippen LogP contribution in [0.25, 0.3) is 0 Å². The monoisotopic (exact) mass is 209 g/mol. The van der Waals surface area contributed by atoms with E-state index in [1.807, 2.05) is 19.1 Å². The lowest BCUT2D eigenvalue weighted by atomic mass is 10.0. The predicted molar refractivity (Wildman–Crippen MR) is 63.7 cm³/mol. The molecular weight excluding hydrogens is 189 g/mol. The van der Waals surface area contributed by atoms with Crippen molar-refractivity contribution in [3.8, 4) is 0 Å². The zero-order valence-corrected chi connectivity index (χ0v) is 9.97. The first-order valence-electron chi connectivity index (χ1n) is 5.51. The summed E-state index contributed by atoms with van der Waals surface area (Å²) < 4.78 is 13.5. The Labute approximate surface area is 91.7 Å². The minimum atomic E-state index is -0.161. The first-order chi connectivity index (χ1) is 6.99. The van der Waals surface area contributed by atoms with Gasteiger partial charge in [0.05, 0.1) is 5.69 Å². The molecule has 1 rings (SSSR count). The highest BCUT2D eigenvalue weighted by Crippen LogP contribution is 2.18. The second-order valence-electron chi connectivity index (χ2n) is 4.66. The molecule has 0 fully saturated rings. The number of anilines is 1. The standard InChI is InChI=1S/C13H20FN/c1-9(2)7-11(4)15-13-6-5-10(3)8-12(13)14/h5-6,8-9,11,15H,7H2,1-4H3. The maximum Gasteiger partial charge on any atom is 0.146 e. The zero-order chi connectivity index (χ0) is 11.4. The van der Waals surface area contributed by atoms with E-state index in [0.29, 0.717) is 17.6 Å². The maximum atomic E-state index is 13.5. The van der Waals surface area contributed by atoms with Crippen LogP contribution in [0, 0.1) is 18.7 Å². The van der Waals surface area contributed by atoms with Crippen molar-refractivity contribution in [1.29, 1.82) is 0 Å². The van der Waals surface area contributed by atoms with Gasteiger partial charge in [0.1, 0.15) is 5.82 Å². The number of hydrogen-bond acceptors (Lipinski definition) is 1. The molecule has 1 nitrogen and oxygen atoms in total. The van der Waals surface area contributed by atoms with Crippen molar-refractivity contribution in [3.05, 3.63) is 29.6 Å². The minimum absolute atomic E-state index is 0.161. The summed E-state index contributed by atoms with van der Waals surface area (Å²) in [6, 6.07) is 5.60. The summed E-state index contributed by atoms with van der Waals surface area (Å²) in [4.78, 5) is 0. The van der Waals surface area contributed by atoms with E-state index in [9.17, 15) is 4.39 Å².